The molecular weight excluding hydrogens is 394 g/mol. The van der Waals surface area contributed by atoms with Gasteiger partial charge in [-0.2, -0.15) is 0 Å². The highest BCUT2D eigenvalue weighted by atomic mass is 79.9. The third kappa shape index (κ3) is 4.61. The normalized spacial score (nSPS) is 10.4. The predicted molar refractivity (Wildman–Crippen MR) is 108 cm³/mol. The van der Waals surface area contributed by atoms with Gasteiger partial charge >= 0.3 is 0 Å². The average molecular weight is 412 g/mol. The van der Waals surface area contributed by atoms with Crippen LogP contribution in [0.5, 0.6) is 0 Å². The van der Waals surface area contributed by atoms with E-state index in [0.717, 1.165) is 16.9 Å². The highest BCUT2D eigenvalue weighted by Gasteiger charge is 2.08. The second-order valence-corrected chi connectivity index (χ2v) is 6.77. The third-order valence-electron chi connectivity index (χ3n) is 3.72. The average Bonchev–Trinajstić information content (AvgIpc) is 2.62. The summed E-state index contributed by atoms with van der Waals surface area (Å²) in [5, 5.41) is 6.09. The van der Waals surface area contributed by atoms with Crippen LogP contribution in [0, 0.1) is 6.92 Å². The summed E-state index contributed by atoms with van der Waals surface area (Å²) in [7, 11) is 0. The van der Waals surface area contributed by atoms with E-state index >= 15 is 0 Å². The molecule has 0 atom stereocenters. The maximum absolute atomic E-state index is 12.2. The SMILES string of the molecule is Cc1cc(Br)c(=O)n(CC(=O)Nc2ccc(Nc3ccccc3)cc2)c1. The Hall–Kier alpha value is -2.86. The van der Waals surface area contributed by atoms with E-state index in [4.69, 9.17) is 0 Å². The summed E-state index contributed by atoms with van der Waals surface area (Å²) >= 11 is 3.22. The number of halogens is 1. The molecule has 0 aliphatic carbocycles. The van der Waals surface area contributed by atoms with Crippen LogP contribution in [-0.4, -0.2) is 10.5 Å². The molecule has 132 valence electrons. The second kappa shape index (κ2) is 8.01. The van der Waals surface area contributed by atoms with E-state index in [-0.39, 0.29) is 18.0 Å². The van der Waals surface area contributed by atoms with E-state index in [2.05, 4.69) is 26.6 Å². The van der Waals surface area contributed by atoms with Crippen molar-refractivity contribution < 1.29 is 4.79 Å². The van der Waals surface area contributed by atoms with Gasteiger partial charge in [-0.15, -0.1) is 0 Å². The number of pyridine rings is 1. The van der Waals surface area contributed by atoms with E-state index in [0.29, 0.717) is 10.2 Å². The standard InChI is InChI=1S/C20H18BrN3O2/c1-14-11-18(21)20(26)24(12-14)13-19(25)23-17-9-7-16(8-10-17)22-15-5-3-2-4-6-15/h2-12,22H,13H2,1H3,(H,23,25). The summed E-state index contributed by atoms with van der Waals surface area (Å²) < 4.78 is 1.83. The zero-order chi connectivity index (χ0) is 18.5. The van der Waals surface area contributed by atoms with Crippen LogP contribution in [0.15, 0.2) is 76.1 Å². The molecule has 6 heteroatoms. The number of nitrogens with zero attached hydrogens (tertiary/aromatic N) is 1. The van der Waals surface area contributed by atoms with E-state index in [9.17, 15) is 9.59 Å². The smallest absolute Gasteiger partial charge is 0.265 e. The summed E-state index contributed by atoms with van der Waals surface area (Å²) in [6.07, 6.45) is 1.67. The lowest BCUT2D eigenvalue weighted by Gasteiger charge is -2.10. The summed E-state index contributed by atoms with van der Waals surface area (Å²) in [4.78, 5) is 24.3. The molecule has 1 aromatic heterocycles. The van der Waals surface area contributed by atoms with Crippen LogP contribution in [0.4, 0.5) is 17.1 Å². The van der Waals surface area contributed by atoms with Gasteiger partial charge in [0.2, 0.25) is 5.91 Å². The summed E-state index contributed by atoms with van der Waals surface area (Å²) in [5.41, 5.74) is 3.27. The zero-order valence-corrected chi connectivity index (χ0v) is 15.8. The Bertz CT molecular complexity index is 967. The fourth-order valence-electron chi connectivity index (χ4n) is 2.54. The molecule has 1 amide bonds. The fourth-order valence-corrected chi connectivity index (χ4v) is 3.13. The first-order chi connectivity index (χ1) is 12.5. The molecule has 3 rings (SSSR count). The van der Waals surface area contributed by atoms with Gasteiger partial charge < -0.3 is 15.2 Å². The van der Waals surface area contributed by atoms with Gasteiger partial charge in [0.05, 0.1) is 4.47 Å². The van der Waals surface area contributed by atoms with Gasteiger partial charge in [-0.3, -0.25) is 9.59 Å². The van der Waals surface area contributed by atoms with E-state index in [1.54, 1.807) is 12.3 Å². The number of nitrogens with one attached hydrogen (secondary N) is 2. The Kier molecular flexibility index (Phi) is 5.53. The minimum Gasteiger partial charge on any atom is -0.356 e. The molecule has 0 saturated heterocycles. The van der Waals surface area contributed by atoms with E-state index in [1.165, 1.54) is 4.57 Å². The minimum absolute atomic E-state index is 0.0386. The van der Waals surface area contributed by atoms with Crippen molar-refractivity contribution in [3.63, 3.8) is 0 Å². The van der Waals surface area contributed by atoms with Crippen molar-refractivity contribution in [1.29, 1.82) is 0 Å². The highest BCUT2D eigenvalue weighted by molar-refractivity contribution is 9.10. The van der Waals surface area contributed by atoms with Gasteiger partial charge in [0, 0.05) is 23.3 Å². The molecule has 0 saturated carbocycles. The quantitative estimate of drug-likeness (QED) is 0.657. The molecule has 2 aromatic carbocycles. The van der Waals surface area contributed by atoms with Crippen LogP contribution < -0.4 is 16.2 Å². The molecule has 1 heterocycles. The predicted octanol–water partition coefficient (Wildman–Crippen LogP) is 4.30. The van der Waals surface area contributed by atoms with Crippen LogP contribution in [0.3, 0.4) is 0 Å². The summed E-state index contributed by atoms with van der Waals surface area (Å²) in [6, 6.07) is 19.0. The first-order valence-corrected chi connectivity index (χ1v) is 8.89. The minimum atomic E-state index is -0.256. The van der Waals surface area contributed by atoms with Crippen LogP contribution in [-0.2, 0) is 11.3 Å². The number of aromatic nitrogens is 1. The molecule has 2 N–H and O–H groups in total. The molecule has 0 radical (unpaired) electrons. The number of hydrogen-bond donors (Lipinski definition) is 2. The van der Waals surface area contributed by atoms with Crippen molar-refractivity contribution >= 4 is 38.9 Å². The number of rotatable bonds is 5. The zero-order valence-electron chi connectivity index (χ0n) is 14.2. The number of amides is 1. The fraction of sp³-hybridized carbons (Fsp3) is 0.100. The van der Waals surface area contributed by atoms with Crippen LogP contribution in [0.2, 0.25) is 0 Å². The molecule has 0 aliphatic heterocycles. The van der Waals surface area contributed by atoms with Crippen LogP contribution in [0.1, 0.15) is 5.56 Å². The number of hydrogen-bond acceptors (Lipinski definition) is 3. The van der Waals surface area contributed by atoms with Gasteiger partial charge in [0.1, 0.15) is 6.54 Å². The number of aryl methyl sites for hydroxylation is 1. The van der Waals surface area contributed by atoms with Crippen LogP contribution >= 0.6 is 15.9 Å². The summed E-state index contributed by atoms with van der Waals surface area (Å²) in [6.45, 7) is 1.83. The molecule has 0 spiro atoms. The molecular formula is C20H18BrN3O2. The molecule has 5 nitrogen and oxygen atoms in total. The molecule has 26 heavy (non-hydrogen) atoms. The van der Waals surface area contributed by atoms with Crippen LogP contribution in [0.25, 0.3) is 0 Å². The second-order valence-electron chi connectivity index (χ2n) is 5.91. The Morgan fingerprint density at radius 2 is 1.62 bits per heavy atom. The maximum Gasteiger partial charge on any atom is 0.265 e. The van der Waals surface area contributed by atoms with Gasteiger partial charge in [-0.05, 0) is 70.9 Å². The number of anilines is 3. The Morgan fingerprint density at radius 1 is 1.00 bits per heavy atom. The van der Waals surface area contributed by atoms with E-state index < -0.39 is 0 Å². The molecule has 3 aromatic rings. The lowest BCUT2D eigenvalue weighted by molar-refractivity contribution is -0.116. The first kappa shape index (κ1) is 17.9. The lowest BCUT2D eigenvalue weighted by atomic mass is 10.2. The molecule has 0 bridgehead atoms. The number of carbonyl (C=O) groups is 1. The van der Waals surface area contributed by atoms with Gasteiger partial charge in [0.25, 0.3) is 5.56 Å². The molecule has 0 unspecified atom stereocenters. The lowest BCUT2D eigenvalue weighted by Crippen LogP contribution is -2.27. The topological polar surface area (TPSA) is 63.1 Å². The number of carbonyl (C=O) groups excluding carboxylic acids is 1. The van der Waals surface area contributed by atoms with Gasteiger partial charge in [0.15, 0.2) is 0 Å². The van der Waals surface area contributed by atoms with Crippen molar-refractivity contribution in [3.05, 3.63) is 87.3 Å². The molecule has 0 fully saturated rings. The Labute approximate surface area is 159 Å². The van der Waals surface area contributed by atoms with E-state index in [1.807, 2.05) is 61.5 Å². The van der Waals surface area contributed by atoms with Crippen molar-refractivity contribution in [1.82, 2.24) is 4.57 Å². The van der Waals surface area contributed by atoms with Crippen molar-refractivity contribution in [2.75, 3.05) is 10.6 Å². The van der Waals surface area contributed by atoms with Crippen molar-refractivity contribution in [3.8, 4) is 0 Å². The summed E-state index contributed by atoms with van der Waals surface area (Å²) in [5.74, 6) is -0.256. The molecule has 0 aliphatic rings. The Balaban J connectivity index is 1.64. The number of para-hydroxylation sites is 1. The largest absolute Gasteiger partial charge is 0.356 e. The maximum atomic E-state index is 12.2. The number of benzene rings is 2. The Morgan fingerprint density at radius 3 is 2.31 bits per heavy atom. The van der Waals surface area contributed by atoms with Crippen molar-refractivity contribution in [2.45, 2.75) is 13.5 Å². The third-order valence-corrected chi connectivity index (χ3v) is 4.29. The monoisotopic (exact) mass is 411 g/mol. The van der Waals surface area contributed by atoms with Crippen molar-refractivity contribution in [2.24, 2.45) is 0 Å². The first-order valence-electron chi connectivity index (χ1n) is 8.10. The van der Waals surface area contributed by atoms with Gasteiger partial charge in [-0.1, -0.05) is 18.2 Å². The van der Waals surface area contributed by atoms with Gasteiger partial charge in [-0.25, -0.2) is 0 Å². The highest BCUT2D eigenvalue weighted by Crippen LogP contribution is 2.18.